The second-order valence-corrected chi connectivity index (χ2v) is 5.20. The van der Waals surface area contributed by atoms with Gasteiger partial charge in [-0.05, 0) is 30.7 Å². The second kappa shape index (κ2) is 5.45. The molecule has 0 fully saturated rings. The normalized spacial score (nSPS) is 11.2. The predicted molar refractivity (Wildman–Crippen MR) is 80.1 cm³/mol. The lowest BCUT2D eigenvalue weighted by atomic mass is 10.2. The molecule has 0 unspecified atom stereocenters. The van der Waals surface area contributed by atoms with Crippen molar-refractivity contribution in [2.75, 3.05) is 5.88 Å². The van der Waals surface area contributed by atoms with Crippen LogP contribution in [-0.4, -0.2) is 15.4 Å². The van der Waals surface area contributed by atoms with Crippen LogP contribution >= 0.6 is 11.6 Å². The van der Waals surface area contributed by atoms with Crippen LogP contribution in [0, 0.1) is 18.6 Å². The van der Waals surface area contributed by atoms with Crippen molar-refractivity contribution in [1.29, 1.82) is 0 Å². The van der Waals surface area contributed by atoms with Gasteiger partial charge in [-0.1, -0.05) is 18.2 Å². The molecule has 0 amide bonds. The minimum absolute atomic E-state index is 0.156. The average molecular weight is 307 g/mol. The fourth-order valence-electron chi connectivity index (χ4n) is 2.47. The lowest BCUT2D eigenvalue weighted by Gasteiger charge is -2.10. The van der Waals surface area contributed by atoms with Gasteiger partial charge in [0.15, 0.2) is 11.6 Å². The summed E-state index contributed by atoms with van der Waals surface area (Å²) >= 11 is 5.81. The van der Waals surface area contributed by atoms with Crippen molar-refractivity contribution < 1.29 is 8.78 Å². The van der Waals surface area contributed by atoms with Crippen molar-refractivity contribution >= 4 is 22.6 Å². The molecule has 1 heterocycles. The third-order valence-electron chi connectivity index (χ3n) is 3.45. The van der Waals surface area contributed by atoms with Gasteiger partial charge >= 0.3 is 0 Å². The van der Waals surface area contributed by atoms with Crippen molar-refractivity contribution in [2.24, 2.45) is 0 Å². The Bertz CT molecular complexity index is 811. The molecule has 2 aromatic carbocycles. The number of nitrogens with zero attached hydrogens (tertiary/aromatic N) is 2. The standard InChI is InChI=1S/C16H13ClF2N2/c1-10-4-2-7-13-16(10)20-14(8-9-17)21(13)12-6-3-5-11(18)15(12)19/h2-7H,8-9H2,1H3. The maximum absolute atomic E-state index is 14.2. The Labute approximate surface area is 126 Å². The van der Waals surface area contributed by atoms with E-state index in [1.165, 1.54) is 6.07 Å². The van der Waals surface area contributed by atoms with Crippen LogP contribution in [-0.2, 0) is 6.42 Å². The van der Waals surface area contributed by atoms with Gasteiger partial charge in [-0.15, -0.1) is 11.6 Å². The molecule has 0 aliphatic heterocycles. The first-order valence-electron chi connectivity index (χ1n) is 6.60. The van der Waals surface area contributed by atoms with Crippen LogP contribution in [0.4, 0.5) is 8.78 Å². The summed E-state index contributed by atoms with van der Waals surface area (Å²) < 4.78 is 29.3. The molecule has 0 bridgehead atoms. The Morgan fingerprint density at radius 1 is 1.14 bits per heavy atom. The highest BCUT2D eigenvalue weighted by atomic mass is 35.5. The molecule has 0 radical (unpaired) electrons. The molecule has 21 heavy (non-hydrogen) atoms. The molecule has 108 valence electrons. The highest BCUT2D eigenvalue weighted by Crippen LogP contribution is 2.26. The monoisotopic (exact) mass is 306 g/mol. The highest BCUT2D eigenvalue weighted by molar-refractivity contribution is 6.17. The number of benzene rings is 2. The Hall–Kier alpha value is -1.94. The molecule has 0 saturated carbocycles. The lowest BCUT2D eigenvalue weighted by molar-refractivity contribution is 0.504. The first kappa shape index (κ1) is 14.0. The quantitative estimate of drug-likeness (QED) is 0.656. The number of imidazole rings is 1. The molecule has 0 aliphatic rings. The van der Waals surface area contributed by atoms with Gasteiger partial charge in [0, 0.05) is 12.3 Å². The van der Waals surface area contributed by atoms with Crippen molar-refractivity contribution in [3.05, 3.63) is 59.4 Å². The maximum Gasteiger partial charge on any atom is 0.182 e. The molecule has 0 saturated heterocycles. The van der Waals surface area contributed by atoms with Crippen LogP contribution in [0.2, 0.25) is 0 Å². The van der Waals surface area contributed by atoms with E-state index in [-0.39, 0.29) is 5.69 Å². The van der Waals surface area contributed by atoms with E-state index < -0.39 is 11.6 Å². The average Bonchev–Trinajstić information content (AvgIpc) is 2.82. The van der Waals surface area contributed by atoms with Gasteiger partial charge in [0.05, 0.1) is 16.7 Å². The first-order valence-corrected chi connectivity index (χ1v) is 7.14. The maximum atomic E-state index is 14.2. The summed E-state index contributed by atoms with van der Waals surface area (Å²) in [6, 6.07) is 9.78. The summed E-state index contributed by atoms with van der Waals surface area (Å²) in [6.07, 6.45) is 0.478. The van der Waals surface area contributed by atoms with Gasteiger partial charge in [-0.2, -0.15) is 0 Å². The third-order valence-corrected chi connectivity index (χ3v) is 3.64. The molecule has 3 aromatic rings. The second-order valence-electron chi connectivity index (χ2n) is 4.82. The molecule has 1 aromatic heterocycles. The molecule has 0 spiro atoms. The van der Waals surface area contributed by atoms with E-state index >= 15 is 0 Å². The summed E-state index contributed by atoms with van der Waals surface area (Å²) in [5, 5.41) is 0. The van der Waals surface area contributed by atoms with E-state index in [0.29, 0.717) is 18.1 Å². The van der Waals surface area contributed by atoms with Gasteiger partial charge in [0.2, 0.25) is 0 Å². The fourth-order valence-corrected chi connectivity index (χ4v) is 2.64. The van der Waals surface area contributed by atoms with Crippen molar-refractivity contribution in [1.82, 2.24) is 9.55 Å². The van der Waals surface area contributed by atoms with Crippen molar-refractivity contribution in [3.8, 4) is 5.69 Å². The Morgan fingerprint density at radius 2 is 1.90 bits per heavy atom. The van der Waals surface area contributed by atoms with E-state index in [1.807, 2.05) is 25.1 Å². The Morgan fingerprint density at radius 3 is 2.67 bits per heavy atom. The molecule has 0 aliphatic carbocycles. The highest BCUT2D eigenvalue weighted by Gasteiger charge is 2.17. The van der Waals surface area contributed by atoms with Gasteiger partial charge in [-0.25, -0.2) is 13.8 Å². The van der Waals surface area contributed by atoms with Gasteiger partial charge in [0.25, 0.3) is 0 Å². The SMILES string of the molecule is Cc1cccc2c1nc(CCCl)n2-c1cccc(F)c1F. The van der Waals surface area contributed by atoms with E-state index in [2.05, 4.69) is 4.98 Å². The molecule has 3 rings (SSSR count). The third kappa shape index (κ3) is 2.29. The van der Waals surface area contributed by atoms with E-state index in [1.54, 1.807) is 10.6 Å². The topological polar surface area (TPSA) is 17.8 Å². The lowest BCUT2D eigenvalue weighted by Crippen LogP contribution is -2.05. The number of aromatic nitrogens is 2. The minimum atomic E-state index is -0.880. The number of halogens is 3. The van der Waals surface area contributed by atoms with Gasteiger partial charge in [-0.3, -0.25) is 4.57 Å². The molecule has 5 heteroatoms. The summed E-state index contributed by atoms with van der Waals surface area (Å²) in [5.74, 6) is -0.772. The van der Waals surface area contributed by atoms with Crippen LogP contribution in [0.5, 0.6) is 0 Å². The molecular formula is C16H13ClF2N2. The first-order chi connectivity index (χ1) is 10.1. The number of fused-ring (bicyclic) bond motifs is 1. The fraction of sp³-hybridized carbons (Fsp3) is 0.188. The van der Waals surface area contributed by atoms with Crippen LogP contribution in [0.25, 0.3) is 16.7 Å². The van der Waals surface area contributed by atoms with Crippen LogP contribution in [0.1, 0.15) is 11.4 Å². The minimum Gasteiger partial charge on any atom is -0.293 e. The zero-order valence-corrected chi connectivity index (χ0v) is 12.2. The summed E-state index contributed by atoms with van der Waals surface area (Å²) in [7, 11) is 0. The Balaban J connectivity index is 2.37. The molecule has 0 atom stereocenters. The van der Waals surface area contributed by atoms with Crippen molar-refractivity contribution in [2.45, 2.75) is 13.3 Å². The van der Waals surface area contributed by atoms with E-state index in [0.717, 1.165) is 22.7 Å². The summed E-state index contributed by atoms with van der Waals surface area (Å²) in [5.41, 5.74) is 2.67. The molecule has 2 nitrogen and oxygen atoms in total. The number of aryl methyl sites for hydroxylation is 2. The van der Waals surface area contributed by atoms with E-state index in [4.69, 9.17) is 11.6 Å². The summed E-state index contributed by atoms with van der Waals surface area (Å²) in [4.78, 5) is 4.54. The zero-order valence-electron chi connectivity index (χ0n) is 11.4. The van der Waals surface area contributed by atoms with E-state index in [9.17, 15) is 8.78 Å². The zero-order chi connectivity index (χ0) is 15.0. The van der Waals surface area contributed by atoms with Crippen LogP contribution in [0.15, 0.2) is 36.4 Å². The van der Waals surface area contributed by atoms with Gasteiger partial charge < -0.3 is 0 Å². The smallest absolute Gasteiger partial charge is 0.182 e. The Kier molecular flexibility index (Phi) is 3.64. The number of alkyl halides is 1. The van der Waals surface area contributed by atoms with Crippen LogP contribution in [0.3, 0.4) is 0 Å². The van der Waals surface area contributed by atoms with Crippen molar-refractivity contribution in [3.63, 3.8) is 0 Å². The van der Waals surface area contributed by atoms with Gasteiger partial charge in [0.1, 0.15) is 5.82 Å². The summed E-state index contributed by atoms with van der Waals surface area (Å²) in [6.45, 7) is 1.94. The molecular weight excluding hydrogens is 294 g/mol. The largest absolute Gasteiger partial charge is 0.293 e. The predicted octanol–water partition coefficient (Wildman–Crippen LogP) is 4.39. The number of hydrogen-bond acceptors (Lipinski definition) is 1. The van der Waals surface area contributed by atoms with Crippen LogP contribution < -0.4 is 0 Å². The number of hydrogen-bond donors (Lipinski definition) is 0. The number of rotatable bonds is 3. The molecule has 0 N–H and O–H groups in total. The number of para-hydroxylation sites is 1.